The van der Waals surface area contributed by atoms with E-state index in [0.717, 1.165) is 0 Å². The molecule has 0 saturated heterocycles. The molecule has 0 aliphatic heterocycles. The lowest BCUT2D eigenvalue weighted by Crippen LogP contribution is -2.44. The first kappa shape index (κ1) is 19.7. The number of allylic oxidation sites excluding steroid dienone is 2. The van der Waals surface area contributed by atoms with E-state index in [1.807, 2.05) is 0 Å². The SMILES string of the molecule is O=C(O)CCC1C(CCC(=O)O)C2(Cl)C(Cl)=C(Cl)C1(Cl)C2(Cl)Cl. The van der Waals surface area contributed by atoms with Gasteiger partial charge in [-0.05, 0) is 24.7 Å². The normalized spacial score (nSPS) is 38.2. The van der Waals surface area contributed by atoms with Crippen LogP contribution in [0, 0.1) is 11.8 Å². The number of carboxylic acids is 2. The van der Waals surface area contributed by atoms with Gasteiger partial charge in [-0.15, -0.1) is 23.2 Å². The van der Waals surface area contributed by atoms with E-state index in [4.69, 9.17) is 79.8 Å². The second-order valence-electron chi connectivity index (χ2n) is 5.70. The van der Waals surface area contributed by atoms with Crippen LogP contribution in [0.15, 0.2) is 10.1 Å². The first-order valence-electron chi connectivity index (χ1n) is 6.67. The van der Waals surface area contributed by atoms with Crippen molar-refractivity contribution in [2.24, 2.45) is 11.8 Å². The molecule has 0 aromatic rings. The average molecular weight is 445 g/mol. The van der Waals surface area contributed by atoms with Gasteiger partial charge >= 0.3 is 11.9 Å². The molecule has 2 rings (SSSR count). The van der Waals surface area contributed by atoms with Crippen LogP contribution in [0.2, 0.25) is 0 Å². The van der Waals surface area contributed by atoms with Crippen molar-refractivity contribution in [1.29, 1.82) is 0 Å². The van der Waals surface area contributed by atoms with Gasteiger partial charge in [-0.25, -0.2) is 0 Å². The van der Waals surface area contributed by atoms with Crippen molar-refractivity contribution >= 4 is 81.5 Å². The van der Waals surface area contributed by atoms with Crippen LogP contribution < -0.4 is 0 Å². The van der Waals surface area contributed by atoms with Gasteiger partial charge in [-0.2, -0.15) is 0 Å². The van der Waals surface area contributed by atoms with E-state index in [1.165, 1.54) is 0 Å². The minimum Gasteiger partial charge on any atom is -0.481 e. The van der Waals surface area contributed by atoms with Crippen molar-refractivity contribution in [3.8, 4) is 0 Å². The number of rotatable bonds is 6. The standard InChI is InChI=1S/C13H12Cl6O4/c14-9-10(15)12(17)6(2-4-8(22)23)5(1-3-7(20)21)11(9,16)13(12,18)19/h5-6H,1-4H2,(H,20,21)(H,22,23). The predicted molar refractivity (Wildman–Crippen MR) is 91.1 cm³/mol. The van der Waals surface area contributed by atoms with Gasteiger partial charge in [0, 0.05) is 12.8 Å². The zero-order valence-corrected chi connectivity index (χ0v) is 16.0. The van der Waals surface area contributed by atoms with Crippen molar-refractivity contribution in [2.75, 3.05) is 0 Å². The van der Waals surface area contributed by atoms with Crippen LogP contribution in [0.25, 0.3) is 0 Å². The molecule has 0 spiro atoms. The third-order valence-electron chi connectivity index (χ3n) is 4.59. The van der Waals surface area contributed by atoms with Gasteiger partial charge in [0.1, 0.15) is 9.75 Å². The van der Waals surface area contributed by atoms with Crippen molar-refractivity contribution < 1.29 is 19.8 Å². The molecule has 0 radical (unpaired) electrons. The molecule has 4 nitrogen and oxygen atoms in total. The Morgan fingerprint density at radius 1 is 0.826 bits per heavy atom. The zero-order chi connectivity index (χ0) is 17.8. The molecular weight excluding hydrogens is 433 g/mol. The van der Waals surface area contributed by atoms with Crippen LogP contribution in [-0.4, -0.2) is 36.2 Å². The van der Waals surface area contributed by atoms with Crippen molar-refractivity contribution in [2.45, 2.75) is 39.8 Å². The van der Waals surface area contributed by atoms with E-state index in [2.05, 4.69) is 0 Å². The molecule has 2 N–H and O–H groups in total. The van der Waals surface area contributed by atoms with Gasteiger partial charge in [0.15, 0.2) is 4.33 Å². The topological polar surface area (TPSA) is 74.6 Å². The largest absolute Gasteiger partial charge is 0.481 e. The van der Waals surface area contributed by atoms with Gasteiger partial charge in [-0.3, -0.25) is 9.59 Å². The Hall–Kier alpha value is 0.420. The summed E-state index contributed by atoms with van der Waals surface area (Å²) in [7, 11) is 0. The summed E-state index contributed by atoms with van der Waals surface area (Å²) in [6.07, 6.45) is -0.221. The maximum Gasteiger partial charge on any atom is 0.303 e. The van der Waals surface area contributed by atoms with Gasteiger partial charge in [0.2, 0.25) is 0 Å². The minimum absolute atomic E-state index is 0.0113. The van der Waals surface area contributed by atoms with Crippen LogP contribution in [0.1, 0.15) is 25.7 Å². The lowest BCUT2D eigenvalue weighted by molar-refractivity contribution is -0.139. The van der Waals surface area contributed by atoms with Crippen molar-refractivity contribution in [1.82, 2.24) is 0 Å². The van der Waals surface area contributed by atoms with Crippen molar-refractivity contribution in [3.05, 3.63) is 10.1 Å². The smallest absolute Gasteiger partial charge is 0.303 e. The van der Waals surface area contributed by atoms with Crippen LogP contribution >= 0.6 is 69.6 Å². The van der Waals surface area contributed by atoms with Crippen LogP contribution in [0.3, 0.4) is 0 Å². The average Bonchev–Trinajstić information content (AvgIpc) is 2.63. The van der Waals surface area contributed by atoms with Crippen LogP contribution in [0.4, 0.5) is 0 Å². The van der Waals surface area contributed by atoms with Gasteiger partial charge < -0.3 is 10.2 Å². The molecule has 4 atom stereocenters. The number of aliphatic carboxylic acids is 2. The second kappa shape index (κ2) is 6.30. The molecule has 1 fully saturated rings. The molecule has 130 valence electrons. The van der Waals surface area contributed by atoms with E-state index < -0.39 is 37.9 Å². The summed E-state index contributed by atoms with van der Waals surface area (Å²) in [5, 5.41) is 17.9. The molecule has 23 heavy (non-hydrogen) atoms. The Kier molecular flexibility index (Phi) is 5.40. The number of carboxylic acid groups (broad SMARTS) is 2. The highest BCUT2D eigenvalue weighted by molar-refractivity contribution is 6.65. The number of hydrogen-bond donors (Lipinski definition) is 2. The van der Waals surface area contributed by atoms with Gasteiger partial charge in [-0.1, -0.05) is 46.4 Å². The Bertz CT molecular complexity index is 543. The van der Waals surface area contributed by atoms with Crippen molar-refractivity contribution in [3.63, 3.8) is 0 Å². The molecular formula is C13H12Cl6O4. The fourth-order valence-electron chi connectivity index (χ4n) is 3.56. The molecule has 4 unspecified atom stereocenters. The molecule has 0 amide bonds. The lowest BCUT2D eigenvalue weighted by Gasteiger charge is -2.36. The highest BCUT2D eigenvalue weighted by atomic mass is 35.5. The van der Waals surface area contributed by atoms with E-state index in [-0.39, 0.29) is 35.7 Å². The predicted octanol–water partition coefficient (Wildman–Crippen LogP) is 4.79. The summed E-state index contributed by atoms with van der Waals surface area (Å²) in [4.78, 5) is 18.7. The monoisotopic (exact) mass is 442 g/mol. The first-order chi connectivity index (χ1) is 10.4. The van der Waals surface area contributed by atoms with E-state index in [9.17, 15) is 9.59 Å². The van der Waals surface area contributed by atoms with Crippen LogP contribution in [0.5, 0.6) is 0 Å². The minimum atomic E-state index is -1.79. The quantitative estimate of drug-likeness (QED) is 0.577. The fraction of sp³-hybridized carbons (Fsp3) is 0.692. The first-order valence-corrected chi connectivity index (χ1v) is 8.94. The maximum atomic E-state index is 10.9. The number of halogens is 6. The molecule has 2 aliphatic rings. The van der Waals surface area contributed by atoms with E-state index >= 15 is 0 Å². The lowest BCUT2D eigenvalue weighted by atomic mass is 9.77. The zero-order valence-electron chi connectivity index (χ0n) is 11.5. The molecule has 2 bridgehead atoms. The summed E-state index contributed by atoms with van der Waals surface area (Å²) in [5.41, 5.74) is 0. The summed E-state index contributed by atoms with van der Waals surface area (Å²) in [6.45, 7) is 0. The molecule has 0 heterocycles. The summed E-state index contributed by atoms with van der Waals surface area (Å²) in [6, 6.07) is 0. The Morgan fingerprint density at radius 3 is 1.39 bits per heavy atom. The summed E-state index contributed by atoms with van der Waals surface area (Å²) >= 11 is 38.5. The third kappa shape index (κ3) is 2.56. The maximum absolute atomic E-state index is 10.9. The van der Waals surface area contributed by atoms with E-state index in [1.54, 1.807) is 0 Å². The molecule has 10 heteroatoms. The van der Waals surface area contributed by atoms with Gasteiger partial charge in [0.05, 0.1) is 10.1 Å². The Balaban J connectivity index is 2.50. The summed E-state index contributed by atoms with van der Waals surface area (Å²) < 4.78 is -1.79. The second-order valence-corrected chi connectivity index (χ2v) is 8.98. The highest BCUT2D eigenvalue weighted by Crippen LogP contribution is 2.77. The fourth-order valence-corrected chi connectivity index (χ4v) is 6.71. The third-order valence-corrected chi connectivity index (χ3v) is 8.94. The number of hydrogen-bond acceptors (Lipinski definition) is 2. The molecule has 0 aromatic carbocycles. The number of carbonyl (C=O) groups is 2. The molecule has 1 saturated carbocycles. The number of fused-ring (bicyclic) bond motifs is 2. The summed E-state index contributed by atoms with van der Waals surface area (Å²) in [5.74, 6) is -3.31. The number of alkyl halides is 4. The Labute approximate surface area is 162 Å². The van der Waals surface area contributed by atoms with E-state index in [0.29, 0.717) is 0 Å². The van der Waals surface area contributed by atoms with Crippen LogP contribution in [-0.2, 0) is 9.59 Å². The Morgan fingerprint density at radius 2 is 1.13 bits per heavy atom. The highest BCUT2D eigenvalue weighted by Gasteiger charge is 2.81. The molecule has 0 aromatic heterocycles. The van der Waals surface area contributed by atoms with Gasteiger partial charge in [0.25, 0.3) is 0 Å². The molecule has 2 aliphatic carbocycles.